The molecular formula is C26H25N3O4. The van der Waals surface area contributed by atoms with Crippen LogP contribution in [0.1, 0.15) is 28.4 Å². The summed E-state index contributed by atoms with van der Waals surface area (Å²) in [6.45, 7) is 5.08. The van der Waals surface area contributed by atoms with Gasteiger partial charge in [-0.25, -0.2) is 4.79 Å². The number of nitrogens with zero attached hydrogens (tertiary/aromatic N) is 3. The molecule has 1 aliphatic rings. The number of carbonyl (C=O) groups excluding carboxylic acids is 1. The molecule has 3 aromatic rings. The summed E-state index contributed by atoms with van der Waals surface area (Å²) in [4.78, 5) is 19.3. The Bertz CT molecular complexity index is 1150. The SMILES string of the molecule is CCOC(=O)c1cc(-c2ccc(N3CCOCC3)c(C#N)c2)ncc1OCc1ccccc1. The predicted octanol–water partition coefficient (Wildman–Crippen LogP) is 4.21. The first-order valence-electron chi connectivity index (χ1n) is 10.9. The topological polar surface area (TPSA) is 84.7 Å². The number of hydrogen-bond donors (Lipinski definition) is 0. The Morgan fingerprint density at radius 1 is 1.15 bits per heavy atom. The van der Waals surface area contributed by atoms with Gasteiger partial charge in [0, 0.05) is 18.7 Å². The zero-order chi connectivity index (χ0) is 23.0. The van der Waals surface area contributed by atoms with Crippen LogP contribution >= 0.6 is 0 Å². The van der Waals surface area contributed by atoms with Gasteiger partial charge in [-0.1, -0.05) is 36.4 Å². The highest BCUT2D eigenvalue weighted by molar-refractivity contribution is 5.93. The standard InChI is InChI=1S/C26H25N3O4/c1-2-32-26(30)22-15-23(28-17-25(22)33-18-19-6-4-3-5-7-19)20-8-9-24(21(14-20)16-27)29-10-12-31-13-11-29/h3-9,14-15,17H,2,10-13,18H2,1H3. The van der Waals surface area contributed by atoms with E-state index in [0.29, 0.717) is 42.4 Å². The first kappa shape index (κ1) is 22.3. The van der Waals surface area contributed by atoms with Crippen LogP contribution in [0.15, 0.2) is 60.8 Å². The lowest BCUT2D eigenvalue weighted by Gasteiger charge is -2.29. The van der Waals surface area contributed by atoms with E-state index in [0.717, 1.165) is 29.9 Å². The van der Waals surface area contributed by atoms with E-state index in [2.05, 4.69) is 16.0 Å². The van der Waals surface area contributed by atoms with Crippen molar-refractivity contribution in [3.05, 3.63) is 77.5 Å². The summed E-state index contributed by atoms with van der Waals surface area (Å²) in [7, 11) is 0. The number of nitriles is 1. The largest absolute Gasteiger partial charge is 0.486 e. The Balaban J connectivity index is 1.64. The molecule has 0 unspecified atom stereocenters. The number of rotatable bonds is 7. The molecule has 0 spiro atoms. The second kappa shape index (κ2) is 10.6. The summed E-state index contributed by atoms with van der Waals surface area (Å²) in [5, 5.41) is 9.73. The number of aromatic nitrogens is 1. The number of pyridine rings is 1. The van der Waals surface area contributed by atoms with Crippen LogP contribution in [0.3, 0.4) is 0 Å². The lowest BCUT2D eigenvalue weighted by molar-refractivity contribution is 0.0521. The molecule has 7 heteroatoms. The molecule has 1 aromatic heterocycles. The molecule has 0 aliphatic carbocycles. The average Bonchev–Trinajstić information content (AvgIpc) is 2.88. The summed E-state index contributed by atoms with van der Waals surface area (Å²) >= 11 is 0. The van der Waals surface area contributed by atoms with Crippen LogP contribution in [0, 0.1) is 11.3 Å². The first-order valence-corrected chi connectivity index (χ1v) is 10.9. The summed E-state index contributed by atoms with van der Waals surface area (Å²) in [6.07, 6.45) is 1.53. The van der Waals surface area contributed by atoms with Gasteiger partial charge in [0.05, 0.1) is 43.0 Å². The van der Waals surface area contributed by atoms with Crippen LogP contribution in [0.5, 0.6) is 5.75 Å². The zero-order valence-electron chi connectivity index (χ0n) is 18.5. The van der Waals surface area contributed by atoms with Crippen molar-refractivity contribution in [3.8, 4) is 23.1 Å². The van der Waals surface area contributed by atoms with E-state index in [-0.39, 0.29) is 6.61 Å². The van der Waals surface area contributed by atoms with Crippen molar-refractivity contribution in [2.45, 2.75) is 13.5 Å². The maximum atomic E-state index is 12.6. The van der Waals surface area contributed by atoms with Gasteiger partial charge in [-0.05, 0) is 30.7 Å². The van der Waals surface area contributed by atoms with Gasteiger partial charge in [-0.3, -0.25) is 4.98 Å². The third kappa shape index (κ3) is 5.30. The van der Waals surface area contributed by atoms with Gasteiger partial charge in [0.25, 0.3) is 0 Å². The second-order valence-electron chi connectivity index (χ2n) is 7.50. The van der Waals surface area contributed by atoms with Gasteiger partial charge in [0.15, 0.2) is 5.75 Å². The summed E-state index contributed by atoms with van der Waals surface area (Å²) in [5.41, 5.74) is 4.01. The fourth-order valence-corrected chi connectivity index (χ4v) is 3.68. The van der Waals surface area contributed by atoms with Crippen molar-refractivity contribution in [3.63, 3.8) is 0 Å². The van der Waals surface area contributed by atoms with E-state index in [9.17, 15) is 10.1 Å². The molecule has 1 fully saturated rings. The molecule has 0 atom stereocenters. The molecule has 4 rings (SSSR count). The first-order chi connectivity index (χ1) is 16.2. The van der Waals surface area contributed by atoms with Gasteiger partial charge in [0.2, 0.25) is 0 Å². The van der Waals surface area contributed by atoms with Gasteiger partial charge in [-0.2, -0.15) is 5.26 Å². The normalized spacial score (nSPS) is 13.3. The molecule has 0 N–H and O–H groups in total. The Morgan fingerprint density at radius 3 is 2.67 bits per heavy atom. The van der Waals surface area contributed by atoms with Gasteiger partial charge in [-0.15, -0.1) is 0 Å². The van der Waals surface area contributed by atoms with Crippen molar-refractivity contribution in [1.82, 2.24) is 4.98 Å². The number of benzene rings is 2. The summed E-state index contributed by atoms with van der Waals surface area (Å²) in [6, 6.07) is 19.3. The number of esters is 1. The van der Waals surface area contributed by atoms with E-state index < -0.39 is 5.97 Å². The van der Waals surface area contributed by atoms with Crippen molar-refractivity contribution in [1.29, 1.82) is 5.26 Å². The van der Waals surface area contributed by atoms with E-state index in [1.54, 1.807) is 19.1 Å². The Morgan fingerprint density at radius 2 is 1.94 bits per heavy atom. The quantitative estimate of drug-likeness (QED) is 0.506. The fourth-order valence-electron chi connectivity index (χ4n) is 3.68. The summed E-state index contributed by atoms with van der Waals surface area (Å²) in [5.74, 6) is -0.124. The third-order valence-electron chi connectivity index (χ3n) is 5.36. The van der Waals surface area contributed by atoms with Crippen LogP contribution in [-0.4, -0.2) is 43.9 Å². The number of carbonyl (C=O) groups is 1. The molecule has 0 radical (unpaired) electrons. The Kier molecular flexibility index (Phi) is 7.18. The molecule has 2 aromatic carbocycles. The van der Waals surface area contributed by atoms with Crippen molar-refractivity contribution in [2.75, 3.05) is 37.8 Å². The molecule has 0 saturated carbocycles. The maximum absolute atomic E-state index is 12.6. The fraction of sp³-hybridized carbons (Fsp3) is 0.269. The Labute approximate surface area is 193 Å². The molecule has 0 bridgehead atoms. The van der Waals surface area contributed by atoms with Crippen LogP contribution in [0.25, 0.3) is 11.3 Å². The number of morpholine rings is 1. The monoisotopic (exact) mass is 443 g/mol. The minimum Gasteiger partial charge on any atom is -0.486 e. The van der Waals surface area contributed by atoms with Crippen molar-refractivity contribution < 1.29 is 19.0 Å². The minimum absolute atomic E-state index is 0.251. The van der Waals surface area contributed by atoms with Gasteiger partial charge in [0.1, 0.15) is 18.2 Å². The zero-order valence-corrected chi connectivity index (χ0v) is 18.5. The van der Waals surface area contributed by atoms with Gasteiger partial charge < -0.3 is 19.1 Å². The highest BCUT2D eigenvalue weighted by Gasteiger charge is 2.19. The smallest absolute Gasteiger partial charge is 0.342 e. The number of hydrogen-bond acceptors (Lipinski definition) is 7. The lowest BCUT2D eigenvalue weighted by Crippen LogP contribution is -2.36. The van der Waals surface area contributed by atoms with Crippen LogP contribution in [0.4, 0.5) is 5.69 Å². The third-order valence-corrected chi connectivity index (χ3v) is 5.36. The average molecular weight is 444 g/mol. The van der Waals surface area contributed by atoms with E-state index in [1.807, 2.05) is 42.5 Å². The van der Waals surface area contributed by atoms with Crippen molar-refractivity contribution >= 4 is 11.7 Å². The predicted molar refractivity (Wildman–Crippen MR) is 124 cm³/mol. The lowest BCUT2D eigenvalue weighted by atomic mass is 10.0. The number of anilines is 1. The molecule has 33 heavy (non-hydrogen) atoms. The van der Waals surface area contributed by atoms with Gasteiger partial charge >= 0.3 is 5.97 Å². The van der Waals surface area contributed by atoms with E-state index >= 15 is 0 Å². The second-order valence-corrected chi connectivity index (χ2v) is 7.50. The molecule has 2 heterocycles. The molecular weight excluding hydrogens is 418 g/mol. The van der Waals surface area contributed by atoms with Crippen molar-refractivity contribution in [2.24, 2.45) is 0 Å². The van der Waals surface area contributed by atoms with Crippen LogP contribution in [0.2, 0.25) is 0 Å². The molecule has 7 nitrogen and oxygen atoms in total. The molecule has 1 aliphatic heterocycles. The highest BCUT2D eigenvalue weighted by atomic mass is 16.5. The number of ether oxygens (including phenoxy) is 3. The molecule has 168 valence electrons. The molecule has 1 saturated heterocycles. The van der Waals surface area contributed by atoms with Crippen LogP contribution < -0.4 is 9.64 Å². The molecule has 0 amide bonds. The minimum atomic E-state index is -0.477. The van der Waals surface area contributed by atoms with Crippen LogP contribution in [-0.2, 0) is 16.1 Å². The highest BCUT2D eigenvalue weighted by Crippen LogP contribution is 2.30. The summed E-state index contributed by atoms with van der Waals surface area (Å²) < 4.78 is 16.5. The van der Waals surface area contributed by atoms with E-state index in [1.165, 1.54) is 6.20 Å². The van der Waals surface area contributed by atoms with E-state index in [4.69, 9.17) is 14.2 Å². The maximum Gasteiger partial charge on any atom is 0.342 e. The Hall–Kier alpha value is -3.89.